The Hall–Kier alpha value is -1.89. The maximum Gasteiger partial charge on any atom is 0.419 e. The molecule has 7 heteroatoms. The molecule has 4 nitrogen and oxygen atoms in total. The van der Waals surface area contributed by atoms with Crippen molar-refractivity contribution in [2.45, 2.75) is 12.6 Å². The van der Waals surface area contributed by atoms with E-state index in [1.807, 2.05) is 0 Å². The van der Waals surface area contributed by atoms with Crippen LogP contribution in [0.1, 0.15) is 11.1 Å². The minimum absolute atomic E-state index is 0.374. The first-order chi connectivity index (χ1) is 8.52. The van der Waals surface area contributed by atoms with E-state index in [2.05, 4.69) is 10.1 Å². The SMILES string of the molecule is NCCc1cccnc1-n1cc(C(F)(F)F)cn1. The maximum absolute atomic E-state index is 12.5. The predicted molar refractivity (Wildman–Crippen MR) is 59.1 cm³/mol. The van der Waals surface area contributed by atoms with Crippen molar-refractivity contribution in [3.63, 3.8) is 0 Å². The molecule has 2 N–H and O–H groups in total. The lowest BCUT2D eigenvalue weighted by molar-refractivity contribution is -0.137. The number of halogens is 3. The van der Waals surface area contributed by atoms with Gasteiger partial charge in [0.1, 0.15) is 0 Å². The van der Waals surface area contributed by atoms with Gasteiger partial charge in [-0.05, 0) is 24.6 Å². The number of alkyl halides is 3. The summed E-state index contributed by atoms with van der Waals surface area (Å²) in [7, 11) is 0. The molecular weight excluding hydrogens is 245 g/mol. The molecular formula is C11H11F3N4. The lowest BCUT2D eigenvalue weighted by Gasteiger charge is -2.07. The van der Waals surface area contributed by atoms with Gasteiger partial charge in [0.25, 0.3) is 0 Å². The van der Waals surface area contributed by atoms with E-state index in [1.54, 1.807) is 12.1 Å². The van der Waals surface area contributed by atoms with Crippen LogP contribution in [-0.4, -0.2) is 21.3 Å². The monoisotopic (exact) mass is 256 g/mol. The van der Waals surface area contributed by atoms with Crippen molar-refractivity contribution < 1.29 is 13.2 Å². The zero-order valence-corrected chi connectivity index (χ0v) is 9.35. The van der Waals surface area contributed by atoms with Gasteiger partial charge in [0.15, 0.2) is 5.82 Å². The van der Waals surface area contributed by atoms with E-state index in [-0.39, 0.29) is 0 Å². The fourth-order valence-corrected chi connectivity index (χ4v) is 1.57. The average Bonchev–Trinajstić information content (AvgIpc) is 2.79. The molecule has 2 aromatic heterocycles. The van der Waals surface area contributed by atoms with Crippen LogP contribution in [-0.2, 0) is 12.6 Å². The van der Waals surface area contributed by atoms with Crippen molar-refractivity contribution in [2.24, 2.45) is 5.73 Å². The van der Waals surface area contributed by atoms with Crippen LogP contribution in [0.5, 0.6) is 0 Å². The van der Waals surface area contributed by atoms with Crippen LogP contribution >= 0.6 is 0 Å². The van der Waals surface area contributed by atoms with Gasteiger partial charge in [-0.1, -0.05) is 6.07 Å². The number of hydrogen-bond acceptors (Lipinski definition) is 3. The van der Waals surface area contributed by atoms with Crippen LogP contribution in [0.25, 0.3) is 5.82 Å². The van der Waals surface area contributed by atoms with Gasteiger partial charge in [0, 0.05) is 12.4 Å². The van der Waals surface area contributed by atoms with Gasteiger partial charge in [-0.3, -0.25) is 0 Å². The molecule has 2 rings (SSSR count). The topological polar surface area (TPSA) is 56.7 Å². The average molecular weight is 256 g/mol. The summed E-state index contributed by atoms with van der Waals surface area (Å²) in [6, 6.07) is 3.48. The molecule has 0 aliphatic heterocycles. The summed E-state index contributed by atoms with van der Waals surface area (Å²) in [6.45, 7) is 0.395. The number of hydrogen-bond donors (Lipinski definition) is 1. The highest BCUT2D eigenvalue weighted by Crippen LogP contribution is 2.29. The molecule has 0 aliphatic carbocycles. The Morgan fingerprint density at radius 3 is 2.72 bits per heavy atom. The van der Waals surface area contributed by atoms with Gasteiger partial charge < -0.3 is 5.73 Å². The first-order valence-electron chi connectivity index (χ1n) is 5.28. The molecule has 0 unspecified atom stereocenters. The second-order valence-electron chi connectivity index (χ2n) is 3.70. The van der Waals surface area contributed by atoms with Crippen molar-refractivity contribution in [3.05, 3.63) is 41.9 Å². The zero-order chi connectivity index (χ0) is 13.2. The van der Waals surface area contributed by atoms with Crippen LogP contribution in [0, 0.1) is 0 Å². The molecule has 0 radical (unpaired) electrons. The number of nitrogens with zero attached hydrogens (tertiary/aromatic N) is 3. The third-order valence-corrected chi connectivity index (χ3v) is 2.41. The number of nitrogens with two attached hydrogens (primary N) is 1. The smallest absolute Gasteiger partial charge is 0.330 e. The molecule has 0 aliphatic rings. The summed E-state index contributed by atoms with van der Waals surface area (Å²) in [4.78, 5) is 4.04. The van der Waals surface area contributed by atoms with E-state index in [0.717, 1.165) is 22.6 Å². The van der Waals surface area contributed by atoms with Crippen LogP contribution in [0.15, 0.2) is 30.7 Å². The second-order valence-corrected chi connectivity index (χ2v) is 3.70. The first-order valence-corrected chi connectivity index (χ1v) is 5.28. The van der Waals surface area contributed by atoms with Crippen LogP contribution in [0.3, 0.4) is 0 Å². The third kappa shape index (κ3) is 2.51. The molecule has 18 heavy (non-hydrogen) atoms. The Balaban J connectivity index is 2.40. The van der Waals surface area contributed by atoms with Gasteiger partial charge in [-0.15, -0.1) is 0 Å². The van der Waals surface area contributed by atoms with Crippen LogP contribution in [0.4, 0.5) is 13.2 Å². The Morgan fingerprint density at radius 1 is 1.33 bits per heavy atom. The van der Waals surface area contributed by atoms with Crippen molar-refractivity contribution in [1.82, 2.24) is 14.8 Å². The van der Waals surface area contributed by atoms with Crippen LogP contribution in [0.2, 0.25) is 0 Å². The molecule has 96 valence electrons. The Kier molecular flexibility index (Phi) is 3.33. The zero-order valence-electron chi connectivity index (χ0n) is 9.35. The van der Waals surface area contributed by atoms with E-state index >= 15 is 0 Å². The first kappa shape index (κ1) is 12.6. The van der Waals surface area contributed by atoms with E-state index < -0.39 is 11.7 Å². The van der Waals surface area contributed by atoms with Crippen molar-refractivity contribution in [3.8, 4) is 5.82 Å². The Labute approximate surface area is 101 Å². The summed E-state index contributed by atoms with van der Waals surface area (Å²) >= 11 is 0. The molecule has 0 amide bonds. The van der Waals surface area contributed by atoms with Gasteiger partial charge >= 0.3 is 6.18 Å². The predicted octanol–water partition coefficient (Wildman–Crippen LogP) is 1.79. The van der Waals surface area contributed by atoms with E-state index in [0.29, 0.717) is 18.8 Å². The lowest BCUT2D eigenvalue weighted by Crippen LogP contribution is -2.09. The quantitative estimate of drug-likeness (QED) is 0.910. The minimum atomic E-state index is -4.40. The van der Waals surface area contributed by atoms with E-state index in [9.17, 15) is 13.2 Å². The fraction of sp³-hybridized carbons (Fsp3) is 0.273. The van der Waals surface area contributed by atoms with Gasteiger partial charge in [0.2, 0.25) is 0 Å². The maximum atomic E-state index is 12.5. The molecule has 0 fully saturated rings. The highest BCUT2D eigenvalue weighted by Gasteiger charge is 2.32. The third-order valence-electron chi connectivity index (χ3n) is 2.41. The van der Waals surface area contributed by atoms with Crippen molar-refractivity contribution in [1.29, 1.82) is 0 Å². The Bertz CT molecular complexity index is 533. The number of rotatable bonds is 3. The summed E-state index contributed by atoms with van der Waals surface area (Å²) < 4.78 is 38.5. The van der Waals surface area contributed by atoms with Crippen molar-refractivity contribution in [2.75, 3.05) is 6.54 Å². The summed E-state index contributed by atoms with van der Waals surface area (Å²) in [6.07, 6.45) is -0.668. The molecule has 0 spiro atoms. The summed E-state index contributed by atoms with van der Waals surface area (Å²) in [5.74, 6) is 0.374. The highest BCUT2D eigenvalue weighted by molar-refractivity contribution is 5.33. The molecule has 0 saturated heterocycles. The molecule has 0 saturated carbocycles. The van der Waals surface area contributed by atoms with Crippen molar-refractivity contribution >= 4 is 0 Å². The molecule has 2 heterocycles. The van der Waals surface area contributed by atoms with E-state index in [4.69, 9.17) is 5.73 Å². The lowest BCUT2D eigenvalue weighted by atomic mass is 10.2. The molecule has 0 atom stereocenters. The number of aromatic nitrogens is 3. The summed E-state index contributed by atoms with van der Waals surface area (Å²) in [5.41, 5.74) is 5.41. The Morgan fingerprint density at radius 2 is 2.11 bits per heavy atom. The van der Waals surface area contributed by atoms with Gasteiger partial charge in [0.05, 0.1) is 11.8 Å². The second kappa shape index (κ2) is 4.77. The standard InChI is InChI=1S/C11H11F3N4/c12-11(13,14)9-6-17-18(7-9)10-8(3-4-15)2-1-5-16-10/h1-2,5-7H,3-4,15H2. The highest BCUT2D eigenvalue weighted by atomic mass is 19.4. The fourth-order valence-electron chi connectivity index (χ4n) is 1.57. The number of pyridine rings is 1. The normalized spacial score (nSPS) is 11.8. The van der Waals surface area contributed by atoms with Crippen LogP contribution < -0.4 is 5.73 Å². The molecule has 0 bridgehead atoms. The molecule has 2 aromatic rings. The minimum Gasteiger partial charge on any atom is -0.330 e. The largest absolute Gasteiger partial charge is 0.419 e. The molecule has 0 aromatic carbocycles. The van der Waals surface area contributed by atoms with Gasteiger partial charge in [-0.2, -0.15) is 18.3 Å². The van der Waals surface area contributed by atoms with Gasteiger partial charge in [-0.25, -0.2) is 9.67 Å². The van der Waals surface area contributed by atoms with E-state index in [1.165, 1.54) is 6.20 Å². The summed E-state index contributed by atoms with van der Waals surface area (Å²) in [5, 5.41) is 3.69.